The average Bonchev–Trinajstić information content (AvgIpc) is 2.59. The molecule has 5 nitrogen and oxygen atoms in total. The second-order valence-electron chi connectivity index (χ2n) is 5.99. The molecule has 0 aliphatic rings. The molecule has 0 saturated carbocycles. The number of nitrogens with zero attached hydrogens (tertiary/aromatic N) is 2. The lowest BCUT2D eigenvalue weighted by atomic mass is 10.2. The predicted molar refractivity (Wildman–Crippen MR) is 102 cm³/mol. The van der Waals surface area contributed by atoms with Crippen molar-refractivity contribution in [2.24, 2.45) is 0 Å². The summed E-state index contributed by atoms with van der Waals surface area (Å²) in [4.78, 5) is 16.6. The van der Waals surface area contributed by atoms with Crippen molar-refractivity contribution >= 4 is 23.3 Å². The van der Waals surface area contributed by atoms with Crippen LogP contribution in [0.25, 0.3) is 0 Å². The number of halogens is 1. The molecule has 2 amide bonds. The van der Waals surface area contributed by atoms with Crippen LogP contribution in [0.1, 0.15) is 5.56 Å². The van der Waals surface area contributed by atoms with Crippen LogP contribution < -0.4 is 10.1 Å². The highest BCUT2D eigenvalue weighted by Gasteiger charge is 2.16. The first-order chi connectivity index (χ1) is 12.0. The molecule has 0 saturated heterocycles. The average molecular weight is 362 g/mol. The van der Waals surface area contributed by atoms with Crippen molar-refractivity contribution in [2.75, 3.05) is 39.6 Å². The number of urea groups is 1. The summed E-state index contributed by atoms with van der Waals surface area (Å²) >= 11 is 6.04. The van der Waals surface area contributed by atoms with Gasteiger partial charge in [-0.1, -0.05) is 41.9 Å². The Morgan fingerprint density at radius 3 is 2.48 bits per heavy atom. The van der Waals surface area contributed by atoms with E-state index in [9.17, 15) is 4.79 Å². The van der Waals surface area contributed by atoms with Gasteiger partial charge in [0.25, 0.3) is 0 Å². The van der Waals surface area contributed by atoms with Crippen molar-refractivity contribution in [1.82, 2.24) is 9.80 Å². The van der Waals surface area contributed by atoms with Crippen molar-refractivity contribution in [3.05, 3.63) is 59.1 Å². The van der Waals surface area contributed by atoms with Gasteiger partial charge in [0.1, 0.15) is 5.75 Å². The van der Waals surface area contributed by atoms with Crippen LogP contribution in [0.5, 0.6) is 5.75 Å². The van der Waals surface area contributed by atoms with E-state index in [0.717, 1.165) is 12.1 Å². The molecule has 1 N–H and O–H groups in total. The van der Waals surface area contributed by atoms with E-state index in [0.29, 0.717) is 29.5 Å². The molecule has 0 aliphatic heterocycles. The van der Waals surface area contributed by atoms with Crippen LogP contribution in [0.15, 0.2) is 48.5 Å². The number of hydrogen-bond acceptors (Lipinski definition) is 3. The van der Waals surface area contributed by atoms with Crippen molar-refractivity contribution in [2.45, 2.75) is 6.54 Å². The van der Waals surface area contributed by atoms with Crippen LogP contribution >= 0.6 is 11.6 Å². The second-order valence-corrected chi connectivity index (χ2v) is 6.42. The fourth-order valence-electron chi connectivity index (χ4n) is 2.35. The number of ether oxygens (including phenoxy) is 1. The van der Waals surface area contributed by atoms with E-state index < -0.39 is 0 Å². The van der Waals surface area contributed by atoms with Gasteiger partial charge in [0, 0.05) is 24.7 Å². The normalized spacial score (nSPS) is 10.6. The number of nitrogens with one attached hydrogen (secondary N) is 1. The van der Waals surface area contributed by atoms with Gasteiger partial charge in [-0.15, -0.1) is 0 Å². The fraction of sp³-hybridized carbons (Fsp3) is 0.316. The van der Waals surface area contributed by atoms with Gasteiger partial charge in [0.05, 0.1) is 12.8 Å². The summed E-state index contributed by atoms with van der Waals surface area (Å²) in [7, 11) is 5.53. The molecule has 2 aromatic carbocycles. The summed E-state index contributed by atoms with van der Waals surface area (Å²) in [5.74, 6) is 0.574. The molecule has 2 rings (SSSR count). The highest BCUT2D eigenvalue weighted by molar-refractivity contribution is 6.31. The summed E-state index contributed by atoms with van der Waals surface area (Å²) in [5.41, 5.74) is 1.64. The van der Waals surface area contributed by atoms with Crippen molar-refractivity contribution < 1.29 is 9.53 Å². The first kappa shape index (κ1) is 19.1. The molecule has 25 heavy (non-hydrogen) atoms. The molecule has 2 aromatic rings. The molecule has 0 aliphatic carbocycles. The minimum Gasteiger partial charge on any atom is -0.495 e. The number of rotatable bonds is 7. The van der Waals surface area contributed by atoms with E-state index in [1.54, 1.807) is 30.2 Å². The number of benzene rings is 2. The quantitative estimate of drug-likeness (QED) is 0.812. The van der Waals surface area contributed by atoms with Crippen LogP contribution in [0.2, 0.25) is 5.02 Å². The summed E-state index contributed by atoms with van der Waals surface area (Å²) in [6, 6.07) is 14.9. The minimum absolute atomic E-state index is 0.189. The first-order valence-electron chi connectivity index (χ1n) is 8.07. The Balaban J connectivity index is 2.15. The molecule has 0 unspecified atom stereocenters. The zero-order chi connectivity index (χ0) is 18.2. The van der Waals surface area contributed by atoms with E-state index in [-0.39, 0.29) is 6.03 Å². The zero-order valence-electron chi connectivity index (χ0n) is 14.8. The van der Waals surface area contributed by atoms with Crippen LogP contribution in [0, 0.1) is 0 Å². The maximum Gasteiger partial charge on any atom is 0.322 e. The van der Waals surface area contributed by atoms with Crippen LogP contribution in [-0.2, 0) is 6.54 Å². The summed E-state index contributed by atoms with van der Waals surface area (Å²) in [5, 5.41) is 3.45. The molecule has 0 radical (unpaired) electrons. The number of carbonyl (C=O) groups is 1. The van der Waals surface area contributed by atoms with Gasteiger partial charge in [0.15, 0.2) is 0 Å². The summed E-state index contributed by atoms with van der Waals surface area (Å²) in [6.07, 6.45) is 0. The smallest absolute Gasteiger partial charge is 0.322 e. The van der Waals surface area contributed by atoms with Gasteiger partial charge in [0.2, 0.25) is 0 Å². The molecule has 0 aromatic heterocycles. The molecule has 0 fully saturated rings. The molecular weight excluding hydrogens is 338 g/mol. The maximum atomic E-state index is 12.8. The summed E-state index contributed by atoms with van der Waals surface area (Å²) < 4.78 is 5.30. The monoisotopic (exact) mass is 361 g/mol. The molecule has 0 heterocycles. The first-order valence-corrected chi connectivity index (χ1v) is 8.45. The fourth-order valence-corrected chi connectivity index (χ4v) is 2.52. The molecule has 0 bridgehead atoms. The second kappa shape index (κ2) is 9.30. The SMILES string of the molecule is COc1ccc(Cl)cc1NC(=O)N(CCN(C)C)Cc1ccccc1. The predicted octanol–water partition coefficient (Wildman–Crippen LogP) is 3.94. The van der Waals surface area contributed by atoms with E-state index in [2.05, 4.69) is 5.32 Å². The Bertz CT molecular complexity index is 692. The maximum absolute atomic E-state index is 12.8. The summed E-state index contributed by atoms with van der Waals surface area (Å²) in [6.45, 7) is 1.91. The zero-order valence-corrected chi connectivity index (χ0v) is 15.6. The molecule has 0 atom stereocenters. The number of anilines is 1. The lowest BCUT2D eigenvalue weighted by Crippen LogP contribution is -2.39. The molecule has 0 spiro atoms. The number of likely N-dealkylation sites (N-methyl/N-ethyl adjacent to an activating group) is 1. The Morgan fingerprint density at radius 1 is 1.12 bits per heavy atom. The van der Waals surface area contributed by atoms with E-state index in [1.165, 1.54) is 0 Å². The van der Waals surface area contributed by atoms with E-state index in [1.807, 2.05) is 49.3 Å². The molecule has 134 valence electrons. The lowest BCUT2D eigenvalue weighted by molar-refractivity contribution is 0.202. The number of amides is 2. The highest BCUT2D eigenvalue weighted by atomic mass is 35.5. The lowest BCUT2D eigenvalue weighted by Gasteiger charge is -2.25. The van der Waals surface area contributed by atoms with Crippen molar-refractivity contribution in [3.8, 4) is 5.75 Å². The van der Waals surface area contributed by atoms with Crippen LogP contribution in [0.3, 0.4) is 0 Å². The highest BCUT2D eigenvalue weighted by Crippen LogP contribution is 2.28. The Hall–Kier alpha value is -2.24. The topological polar surface area (TPSA) is 44.8 Å². The van der Waals surface area contributed by atoms with E-state index >= 15 is 0 Å². The third kappa shape index (κ3) is 5.96. The third-order valence-corrected chi connectivity index (χ3v) is 3.96. The van der Waals surface area contributed by atoms with Gasteiger partial charge >= 0.3 is 6.03 Å². The number of hydrogen-bond donors (Lipinski definition) is 1. The molecule has 6 heteroatoms. The van der Waals surface area contributed by atoms with Crippen LogP contribution in [0.4, 0.5) is 10.5 Å². The third-order valence-electron chi connectivity index (χ3n) is 3.72. The Kier molecular flexibility index (Phi) is 7.10. The standard InChI is InChI=1S/C19H24ClN3O2/c1-22(2)11-12-23(14-15-7-5-4-6-8-15)19(24)21-17-13-16(20)9-10-18(17)25-3/h4-10,13H,11-12,14H2,1-3H3,(H,21,24). The van der Waals surface area contributed by atoms with Crippen molar-refractivity contribution in [3.63, 3.8) is 0 Å². The number of methoxy groups -OCH3 is 1. The minimum atomic E-state index is -0.189. The largest absolute Gasteiger partial charge is 0.495 e. The van der Waals surface area contributed by atoms with Crippen LogP contribution in [-0.4, -0.2) is 50.1 Å². The Labute approximate surface area is 154 Å². The Morgan fingerprint density at radius 2 is 1.84 bits per heavy atom. The van der Waals surface area contributed by atoms with Gasteiger partial charge in [-0.05, 0) is 37.9 Å². The molecular formula is C19H24ClN3O2. The van der Waals surface area contributed by atoms with Crippen molar-refractivity contribution in [1.29, 1.82) is 0 Å². The van der Waals surface area contributed by atoms with Gasteiger partial charge in [-0.25, -0.2) is 4.79 Å². The number of carbonyl (C=O) groups excluding carboxylic acids is 1. The van der Waals surface area contributed by atoms with Gasteiger partial charge in [-0.2, -0.15) is 0 Å². The van der Waals surface area contributed by atoms with Gasteiger partial charge < -0.3 is 19.9 Å². The van der Waals surface area contributed by atoms with Gasteiger partial charge in [-0.3, -0.25) is 0 Å². The van der Waals surface area contributed by atoms with E-state index in [4.69, 9.17) is 16.3 Å².